The molecule has 0 amide bonds. The van der Waals surface area contributed by atoms with Crippen molar-refractivity contribution in [3.05, 3.63) is 54.6 Å². The molecular weight excluding hydrogens is 248 g/mol. The summed E-state index contributed by atoms with van der Waals surface area (Å²) in [6.45, 7) is 4.36. The molecule has 104 valence electrons. The number of ether oxygens (including phenoxy) is 1. The van der Waals surface area contributed by atoms with Crippen molar-refractivity contribution >= 4 is 5.69 Å². The lowest BCUT2D eigenvalue weighted by molar-refractivity contribution is 0.482. The third kappa shape index (κ3) is 3.31. The normalized spacial score (nSPS) is 15.7. The quantitative estimate of drug-likeness (QED) is 0.924. The highest BCUT2D eigenvalue weighted by atomic mass is 16.5. The van der Waals surface area contributed by atoms with Gasteiger partial charge in [0.15, 0.2) is 0 Å². The zero-order chi connectivity index (χ0) is 13.6. The van der Waals surface area contributed by atoms with Crippen molar-refractivity contribution in [2.75, 3.05) is 31.1 Å². The molecule has 1 N–H and O–H groups in total. The van der Waals surface area contributed by atoms with Gasteiger partial charge in [-0.2, -0.15) is 0 Å². The SMILES string of the molecule is c1ccc(Oc2ccc(N3CCCNCC3)cc2)cc1. The lowest BCUT2D eigenvalue weighted by atomic mass is 10.2. The summed E-state index contributed by atoms with van der Waals surface area (Å²) < 4.78 is 5.81. The minimum Gasteiger partial charge on any atom is -0.457 e. The number of hydrogen-bond donors (Lipinski definition) is 1. The van der Waals surface area contributed by atoms with Crippen molar-refractivity contribution < 1.29 is 4.74 Å². The third-order valence-electron chi connectivity index (χ3n) is 3.52. The maximum absolute atomic E-state index is 5.81. The van der Waals surface area contributed by atoms with Crippen LogP contribution in [0.1, 0.15) is 6.42 Å². The number of para-hydroxylation sites is 1. The molecule has 2 aromatic rings. The van der Waals surface area contributed by atoms with Gasteiger partial charge in [0.1, 0.15) is 11.5 Å². The molecule has 3 heteroatoms. The van der Waals surface area contributed by atoms with E-state index in [-0.39, 0.29) is 0 Å². The second-order valence-electron chi connectivity index (χ2n) is 5.00. The van der Waals surface area contributed by atoms with E-state index in [2.05, 4.69) is 22.3 Å². The van der Waals surface area contributed by atoms with Crippen LogP contribution in [0.25, 0.3) is 0 Å². The molecule has 0 spiro atoms. The van der Waals surface area contributed by atoms with Crippen LogP contribution in [-0.4, -0.2) is 26.2 Å². The standard InChI is InChI=1S/C17H20N2O/c1-2-5-16(6-3-1)20-17-9-7-15(8-10-17)19-13-4-11-18-12-14-19/h1-3,5-10,18H,4,11-14H2. The summed E-state index contributed by atoms with van der Waals surface area (Å²) in [4.78, 5) is 2.42. The molecule has 0 saturated carbocycles. The van der Waals surface area contributed by atoms with Gasteiger partial charge >= 0.3 is 0 Å². The molecule has 0 bridgehead atoms. The van der Waals surface area contributed by atoms with Gasteiger partial charge in [-0.05, 0) is 49.4 Å². The van der Waals surface area contributed by atoms with Crippen molar-refractivity contribution in [3.8, 4) is 11.5 Å². The van der Waals surface area contributed by atoms with Crippen LogP contribution in [0.5, 0.6) is 11.5 Å². The van der Waals surface area contributed by atoms with Gasteiger partial charge in [0.05, 0.1) is 0 Å². The Balaban J connectivity index is 1.67. The summed E-state index contributed by atoms with van der Waals surface area (Å²) in [5, 5.41) is 3.42. The number of hydrogen-bond acceptors (Lipinski definition) is 3. The summed E-state index contributed by atoms with van der Waals surface area (Å²) in [6.07, 6.45) is 1.20. The summed E-state index contributed by atoms with van der Waals surface area (Å²) in [5.74, 6) is 1.76. The van der Waals surface area contributed by atoms with Gasteiger partial charge in [-0.1, -0.05) is 18.2 Å². The molecule has 1 aliphatic heterocycles. The summed E-state index contributed by atoms with van der Waals surface area (Å²) >= 11 is 0. The van der Waals surface area contributed by atoms with E-state index in [1.54, 1.807) is 0 Å². The molecule has 20 heavy (non-hydrogen) atoms. The van der Waals surface area contributed by atoms with Crippen LogP contribution in [0.2, 0.25) is 0 Å². The summed E-state index contributed by atoms with van der Waals surface area (Å²) in [5.41, 5.74) is 1.27. The highest BCUT2D eigenvalue weighted by Crippen LogP contribution is 2.24. The largest absolute Gasteiger partial charge is 0.457 e. The van der Waals surface area contributed by atoms with Crippen LogP contribution >= 0.6 is 0 Å². The van der Waals surface area contributed by atoms with Gasteiger partial charge in [-0.15, -0.1) is 0 Å². The van der Waals surface area contributed by atoms with Crippen LogP contribution in [0.4, 0.5) is 5.69 Å². The van der Waals surface area contributed by atoms with E-state index in [1.807, 2.05) is 42.5 Å². The van der Waals surface area contributed by atoms with Crippen LogP contribution in [0, 0.1) is 0 Å². The van der Waals surface area contributed by atoms with E-state index in [4.69, 9.17) is 4.74 Å². The van der Waals surface area contributed by atoms with E-state index in [0.717, 1.165) is 37.7 Å². The average Bonchev–Trinajstić information content (AvgIpc) is 2.78. The smallest absolute Gasteiger partial charge is 0.127 e. The van der Waals surface area contributed by atoms with E-state index in [9.17, 15) is 0 Å². The molecule has 0 aliphatic carbocycles. The molecule has 0 radical (unpaired) electrons. The highest BCUT2D eigenvalue weighted by Gasteiger charge is 2.09. The molecule has 1 fully saturated rings. The Labute approximate surface area is 120 Å². The summed E-state index contributed by atoms with van der Waals surface area (Å²) in [7, 11) is 0. The average molecular weight is 268 g/mol. The number of nitrogens with one attached hydrogen (secondary N) is 1. The maximum Gasteiger partial charge on any atom is 0.127 e. The first-order chi connectivity index (χ1) is 9.92. The first-order valence-electron chi connectivity index (χ1n) is 7.20. The highest BCUT2D eigenvalue weighted by molar-refractivity contribution is 5.49. The van der Waals surface area contributed by atoms with Crippen LogP contribution < -0.4 is 15.0 Å². The van der Waals surface area contributed by atoms with Crippen LogP contribution in [-0.2, 0) is 0 Å². The summed E-state index contributed by atoms with van der Waals surface area (Å²) in [6, 6.07) is 18.3. The van der Waals surface area contributed by atoms with Gasteiger partial charge < -0.3 is 15.0 Å². The lowest BCUT2D eigenvalue weighted by Crippen LogP contribution is -2.27. The van der Waals surface area contributed by atoms with Crippen molar-refractivity contribution in [1.29, 1.82) is 0 Å². The van der Waals surface area contributed by atoms with Gasteiger partial charge in [0.25, 0.3) is 0 Å². The van der Waals surface area contributed by atoms with Gasteiger partial charge in [-0.25, -0.2) is 0 Å². The second-order valence-corrected chi connectivity index (χ2v) is 5.00. The first kappa shape index (κ1) is 13.0. The number of rotatable bonds is 3. The number of nitrogens with zero attached hydrogens (tertiary/aromatic N) is 1. The molecule has 3 nitrogen and oxygen atoms in total. The fourth-order valence-corrected chi connectivity index (χ4v) is 2.45. The topological polar surface area (TPSA) is 24.5 Å². The van der Waals surface area contributed by atoms with E-state index >= 15 is 0 Å². The van der Waals surface area contributed by atoms with Gasteiger partial charge in [0.2, 0.25) is 0 Å². The zero-order valence-corrected chi connectivity index (χ0v) is 11.6. The van der Waals surface area contributed by atoms with Crippen molar-refractivity contribution in [2.45, 2.75) is 6.42 Å². The Morgan fingerprint density at radius 3 is 2.35 bits per heavy atom. The van der Waals surface area contributed by atoms with Crippen molar-refractivity contribution in [1.82, 2.24) is 5.32 Å². The van der Waals surface area contributed by atoms with Crippen LogP contribution in [0.15, 0.2) is 54.6 Å². The Kier molecular flexibility index (Phi) is 4.19. The molecule has 0 unspecified atom stereocenters. The van der Waals surface area contributed by atoms with Crippen molar-refractivity contribution in [2.24, 2.45) is 0 Å². The predicted molar refractivity (Wildman–Crippen MR) is 82.7 cm³/mol. The van der Waals surface area contributed by atoms with Gasteiger partial charge in [-0.3, -0.25) is 0 Å². The third-order valence-corrected chi connectivity index (χ3v) is 3.52. The fourth-order valence-electron chi connectivity index (χ4n) is 2.45. The fraction of sp³-hybridized carbons (Fsp3) is 0.294. The molecule has 1 aliphatic rings. The monoisotopic (exact) mass is 268 g/mol. The molecule has 0 atom stereocenters. The molecular formula is C17H20N2O. The first-order valence-corrected chi connectivity index (χ1v) is 7.20. The maximum atomic E-state index is 5.81. The zero-order valence-electron chi connectivity index (χ0n) is 11.6. The Morgan fingerprint density at radius 2 is 1.55 bits per heavy atom. The molecule has 3 rings (SSSR count). The number of anilines is 1. The Bertz CT molecular complexity index is 516. The van der Waals surface area contributed by atoms with E-state index in [0.29, 0.717) is 0 Å². The molecule has 1 saturated heterocycles. The Hall–Kier alpha value is -2.00. The Morgan fingerprint density at radius 1 is 0.800 bits per heavy atom. The van der Waals surface area contributed by atoms with E-state index in [1.165, 1.54) is 12.1 Å². The molecule has 0 aromatic heterocycles. The minimum atomic E-state index is 0.874. The van der Waals surface area contributed by atoms with Crippen molar-refractivity contribution in [3.63, 3.8) is 0 Å². The lowest BCUT2D eigenvalue weighted by Gasteiger charge is -2.22. The molecule has 1 heterocycles. The predicted octanol–water partition coefficient (Wildman–Crippen LogP) is 3.28. The minimum absolute atomic E-state index is 0.874. The van der Waals surface area contributed by atoms with E-state index < -0.39 is 0 Å². The van der Waals surface area contributed by atoms with Crippen LogP contribution in [0.3, 0.4) is 0 Å². The number of benzene rings is 2. The van der Waals surface area contributed by atoms with Gasteiger partial charge in [0, 0.05) is 25.3 Å². The second kappa shape index (κ2) is 6.44. The molecule has 2 aromatic carbocycles.